The Balaban J connectivity index is 2.63. The van der Waals surface area contributed by atoms with Crippen molar-refractivity contribution in [1.29, 1.82) is 0 Å². The summed E-state index contributed by atoms with van der Waals surface area (Å²) in [5.74, 6) is -0.372. The summed E-state index contributed by atoms with van der Waals surface area (Å²) in [5.41, 5.74) is 0.427. The van der Waals surface area contributed by atoms with Gasteiger partial charge < -0.3 is 4.74 Å². The van der Waals surface area contributed by atoms with Gasteiger partial charge in [0.1, 0.15) is 11.6 Å². The predicted molar refractivity (Wildman–Crippen MR) is 63.9 cm³/mol. The van der Waals surface area contributed by atoms with Crippen molar-refractivity contribution in [3.8, 4) is 0 Å². The number of hydrogen-bond donors (Lipinski definition) is 0. The summed E-state index contributed by atoms with van der Waals surface area (Å²) in [7, 11) is 1.55. The first-order valence-corrected chi connectivity index (χ1v) is 5.80. The highest BCUT2D eigenvalue weighted by atomic mass is 79.9. The Bertz CT molecular complexity index is 379. The molecule has 0 aliphatic rings. The molecule has 1 aromatic rings. The Kier molecular flexibility index (Phi) is 5.09. The second-order valence-corrected chi connectivity index (χ2v) is 4.62. The molecule has 16 heavy (non-hydrogen) atoms. The smallest absolute Gasteiger partial charge is 0.139 e. The SMILES string of the molecule is COC(C)CC(=O)Cc1ccc(Br)cc1F. The molecule has 0 aliphatic heterocycles. The first-order chi connectivity index (χ1) is 7.52. The van der Waals surface area contributed by atoms with Crippen LogP contribution in [-0.2, 0) is 16.0 Å². The van der Waals surface area contributed by atoms with Crippen molar-refractivity contribution in [3.05, 3.63) is 34.1 Å². The van der Waals surface area contributed by atoms with Gasteiger partial charge in [-0.1, -0.05) is 22.0 Å². The zero-order valence-corrected chi connectivity index (χ0v) is 10.9. The third-order valence-corrected chi connectivity index (χ3v) is 2.81. The largest absolute Gasteiger partial charge is 0.381 e. The van der Waals surface area contributed by atoms with Crippen LogP contribution in [0.1, 0.15) is 18.9 Å². The molecular weight excluding hydrogens is 275 g/mol. The Morgan fingerprint density at radius 1 is 1.56 bits per heavy atom. The first-order valence-electron chi connectivity index (χ1n) is 5.01. The van der Waals surface area contributed by atoms with E-state index >= 15 is 0 Å². The van der Waals surface area contributed by atoms with Crippen LogP contribution >= 0.6 is 15.9 Å². The molecule has 88 valence electrons. The van der Waals surface area contributed by atoms with E-state index in [-0.39, 0.29) is 24.1 Å². The van der Waals surface area contributed by atoms with Crippen LogP contribution in [0.5, 0.6) is 0 Å². The molecule has 0 amide bonds. The number of ketones is 1. The van der Waals surface area contributed by atoms with E-state index < -0.39 is 0 Å². The number of rotatable bonds is 5. The molecule has 1 rings (SSSR count). The fourth-order valence-electron chi connectivity index (χ4n) is 1.35. The number of ether oxygens (including phenoxy) is 1. The number of Topliss-reactive ketones (excluding diaryl/α,β-unsaturated/α-hetero) is 1. The van der Waals surface area contributed by atoms with Crippen molar-refractivity contribution in [1.82, 2.24) is 0 Å². The third kappa shape index (κ3) is 4.02. The average Bonchev–Trinajstić information content (AvgIpc) is 2.22. The Morgan fingerprint density at radius 3 is 2.81 bits per heavy atom. The second-order valence-electron chi connectivity index (χ2n) is 3.70. The summed E-state index contributed by atoms with van der Waals surface area (Å²) >= 11 is 3.17. The fourth-order valence-corrected chi connectivity index (χ4v) is 1.69. The number of halogens is 2. The van der Waals surface area contributed by atoms with E-state index in [0.717, 1.165) is 0 Å². The van der Waals surface area contributed by atoms with E-state index in [1.165, 1.54) is 6.07 Å². The minimum absolute atomic E-state index is 0.0180. The van der Waals surface area contributed by atoms with Gasteiger partial charge in [-0.05, 0) is 24.6 Å². The maximum Gasteiger partial charge on any atom is 0.139 e. The Labute approximate surface area is 103 Å². The van der Waals surface area contributed by atoms with Crippen LogP contribution in [0.2, 0.25) is 0 Å². The van der Waals surface area contributed by atoms with E-state index in [9.17, 15) is 9.18 Å². The molecule has 0 bridgehead atoms. The normalized spacial score (nSPS) is 12.5. The lowest BCUT2D eigenvalue weighted by Crippen LogP contribution is -2.14. The van der Waals surface area contributed by atoms with Gasteiger partial charge in [0.05, 0.1) is 6.10 Å². The van der Waals surface area contributed by atoms with Gasteiger partial charge in [-0.2, -0.15) is 0 Å². The van der Waals surface area contributed by atoms with Crippen molar-refractivity contribution < 1.29 is 13.9 Å². The number of hydrogen-bond acceptors (Lipinski definition) is 2. The van der Waals surface area contributed by atoms with Gasteiger partial charge in [-0.15, -0.1) is 0 Å². The Hall–Kier alpha value is -0.740. The lowest BCUT2D eigenvalue weighted by molar-refractivity contribution is -0.120. The summed E-state index contributed by atoms with van der Waals surface area (Å²) < 4.78 is 19.1. The molecule has 0 radical (unpaired) electrons. The van der Waals surface area contributed by atoms with Crippen LogP contribution in [0, 0.1) is 5.82 Å². The molecular formula is C12H14BrFO2. The third-order valence-electron chi connectivity index (χ3n) is 2.32. The summed E-state index contributed by atoms with van der Waals surface area (Å²) in [6.07, 6.45) is 0.310. The molecule has 4 heteroatoms. The Morgan fingerprint density at radius 2 is 2.25 bits per heavy atom. The minimum atomic E-state index is -0.354. The number of carbonyl (C=O) groups excluding carboxylic acids is 1. The quantitative estimate of drug-likeness (QED) is 0.832. The number of carbonyl (C=O) groups is 1. The van der Waals surface area contributed by atoms with E-state index in [4.69, 9.17) is 4.74 Å². The number of methoxy groups -OCH3 is 1. The standard InChI is InChI=1S/C12H14BrFO2/c1-8(16-2)5-11(15)6-9-3-4-10(13)7-12(9)14/h3-4,7-8H,5-6H2,1-2H3. The summed E-state index contributed by atoms with van der Waals surface area (Å²) in [6.45, 7) is 1.82. The van der Waals surface area contributed by atoms with Crippen LogP contribution in [0.4, 0.5) is 4.39 Å². The van der Waals surface area contributed by atoms with Crippen molar-refractivity contribution >= 4 is 21.7 Å². The predicted octanol–water partition coefficient (Wildman–Crippen LogP) is 3.12. The van der Waals surface area contributed by atoms with Gasteiger partial charge in [-0.25, -0.2) is 4.39 Å². The van der Waals surface area contributed by atoms with Gasteiger partial charge >= 0.3 is 0 Å². The summed E-state index contributed by atoms with van der Waals surface area (Å²) in [5, 5.41) is 0. The van der Waals surface area contributed by atoms with Crippen LogP contribution in [0.15, 0.2) is 22.7 Å². The lowest BCUT2D eigenvalue weighted by Gasteiger charge is -2.08. The molecule has 2 nitrogen and oxygen atoms in total. The van der Waals surface area contributed by atoms with E-state index in [2.05, 4.69) is 15.9 Å². The van der Waals surface area contributed by atoms with Gasteiger partial charge in [0.2, 0.25) is 0 Å². The van der Waals surface area contributed by atoms with Crippen molar-refractivity contribution in [2.45, 2.75) is 25.9 Å². The van der Waals surface area contributed by atoms with Gasteiger partial charge in [0, 0.05) is 24.4 Å². The molecule has 0 N–H and O–H groups in total. The van der Waals surface area contributed by atoms with Crippen molar-refractivity contribution in [2.24, 2.45) is 0 Å². The zero-order chi connectivity index (χ0) is 12.1. The minimum Gasteiger partial charge on any atom is -0.381 e. The van der Waals surface area contributed by atoms with Crippen LogP contribution in [0.25, 0.3) is 0 Å². The molecule has 1 unspecified atom stereocenters. The van der Waals surface area contributed by atoms with Gasteiger partial charge in [-0.3, -0.25) is 4.79 Å². The van der Waals surface area contributed by atoms with Crippen LogP contribution < -0.4 is 0 Å². The van der Waals surface area contributed by atoms with Crippen molar-refractivity contribution in [2.75, 3.05) is 7.11 Å². The highest BCUT2D eigenvalue weighted by Gasteiger charge is 2.11. The summed E-state index contributed by atoms with van der Waals surface area (Å²) in [6, 6.07) is 4.71. The van der Waals surface area contributed by atoms with E-state index in [1.807, 2.05) is 6.92 Å². The van der Waals surface area contributed by atoms with Crippen molar-refractivity contribution in [3.63, 3.8) is 0 Å². The molecule has 1 aromatic carbocycles. The topological polar surface area (TPSA) is 26.3 Å². The fraction of sp³-hybridized carbons (Fsp3) is 0.417. The number of benzene rings is 1. The second kappa shape index (κ2) is 6.11. The molecule has 0 spiro atoms. The zero-order valence-electron chi connectivity index (χ0n) is 9.30. The first kappa shape index (κ1) is 13.3. The molecule has 0 aliphatic carbocycles. The molecule has 0 aromatic heterocycles. The lowest BCUT2D eigenvalue weighted by atomic mass is 10.0. The molecule has 0 fully saturated rings. The molecule has 0 saturated carbocycles. The molecule has 0 heterocycles. The molecule has 1 atom stereocenters. The molecule has 0 saturated heterocycles. The summed E-state index contributed by atoms with van der Waals surface area (Å²) in [4.78, 5) is 11.6. The maximum atomic E-state index is 13.4. The van der Waals surface area contributed by atoms with Gasteiger partial charge in [0.15, 0.2) is 0 Å². The highest BCUT2D eigenvalue weighted by Crippen LogP contribution is 2.16. The average molecular weight is 289 g/mol. The maximum absolute atomic E-state index is 13.4. The van der Waals surface area contributed by atoms with E-state index in [0.29, 0.717) is 16.5 Å². The van der Waals surface area contributed by atoms with Crippen LogP contribution in [-0.4, -0.2) is 19.0 Å². The van der Waals surface area contributed by atoms with E-state index in [1.54, 1.807) is 19.2 Å². The van der Waals surface area contributed by atoms with Gasteiger partial charge in [0.25, 0.3) is 0 Å². The monoisotopic (exact) mass is 288 g/mol. The highest BCUT2D eigenvalue weighted by molar-refractivity contribution is 9.10. The van der Waals surface area contributed by atoms with Crippen LogP contribution in [0.3, 0.4) is 0 Å².